The molecule has 19 heavy (non-hydrogen) atoms. The number of esters is 1. The van der Waals surface area contributed by atoms with Crippen molar-refractivity contribution in [2.75, 3.05) is 18.2 Å². The molecule has 6 heteroatoms. The van der Waals surface area contributed by atoms with Crippen LogP contribution in [0.5, 0.6) is 0 Å². The van der Waals surface area contributed by atoms with Gasteiger partial charge in [-0.1, -0.05) is 0 Å². The van der Waals surface area contributed by atoms with Gasteiger partial charge in [0.15, 0.2) is 0 Å². The number of ether oxygens (including phenoxy) is 1. The number of hydrogen-bond donors (Lipinski definition) is 2. The number of hydrogen-bond acceptors (Lipinski definition) is 5. The van der Waals surface area contributed by atoms with Crippen molar-refractivity contribution in [1.82, 2.24) is 0 Å². The molecule has 0 radical (unpaired) electrons. The highest BCUT2D eigenvalue weighted by Gasteiger charge is 2.10. The highest BCUT2D eigenvalue weighted by molar-refractivity contribution is 7.10. The number of methoxy groups -OCH3 is 1. The Kier molecular flexibility index (Phi) is 4.01. The molecular formula is C13H13FN2O2S. The summed E-state index contributed by atoms with van der Waals surface area (Å²) < 4.78 is 18.2. The lowest BCUT2D eigenvalue weighted by Gasteiger charge is -2.08. The largest absolute Gasteiger partial charge is 0.465 e. The van der Waals surface area contributed by atoms with Crippen LogP contribution in [0.4, 0.5) is 15.8 Å². The topological polar surface area (TPSA) is 64.3 Å². The highest BCUT2D eigenvalue weighted by Crippen LogP contribution is 2.22. The van der Waals surface area contributed by atoms with E-state index in [4.69, 9.17) is 5.73 Å². The monoisotopic (exact) mass is 280 g/mol. The number of carbonyl (C=O) groups is 1. The van der Waals surface area contributed by atoms with Gasteiger partial charge in [0.1, 0.15) is 5.82 Å². The second-order valence-electron chi connectivity index (χ2n) is 3.84. The minimum absolute atomic E-state index is 0.246. The summed E-state index contributed by atoms with van der Waals surface area (Å²) in [5.41, 5.74) is 6.96. The Morgan fingerprint density at radius 3 is 2.89 bits per heavy atom. The number of anilines is 2. The summed E-state index contributed by atoms with van der Waals surface area (Å²) in [4.78, 5) is 12.3. The Morgan fingerprint density at radius 2 is 2.26 bits per heavy atom. The third kappa shape index (κ3) is 3.03. The summed E-state index contributed by atoms with van der Waals surface area (Å²) in [7, 11) is 1.28. The molecule has 2 rings (SSSR count). The Bertz CT molecular complexity index is 598. The van der Waals surface area contributed by atoms with E-state index in [1.54, 1.807) is 6.07 Å². The predicted molar refractivity (Wildman–Crippen MR) is 73.8 cm³/mol. The fourth-order valence-electron chi connectivity index (χ4n) is 1.58. The first-order valence-corrected chi connectivity index (χ1v) is 6.43. The standard InChI is InChI=1S/C13H13FN2O2S/c1-18-13(17)8-2-3-9(14)11(6-8)16-7-12-10(15)4-5-19-12/h2-6,16H,7,15H2,1H3. The number of nitrogens with two attached hydrogens (primary N) is 1. The van der Waals surface area contributed by atoms with Gasteiger partial charge in [-0.2, -0.15) is 0 Å². The number of carbonyl (C=O) groups excluding carboxylic acids is 1. The first-order chi connectivity index (χ1) is 9.11. The third-order valence-corrected chi connectivity index (χ3v) is 3.54. The van der Waals surface area contributed by atoms with Gasteiger partial charge in [-0.25, -0.2) is 9.18 Å². The molecule has 1 aromatic heterocycles. The molecule has 0 aliphatic heterocycles. The normalized spacial score (nSPS) is 10.2. The lowest BCUT2D eigenvalue weighted by atomic mass is 10.2. The summed E-state index contributed by atoms with van der Waals surface area (Å²) in [5, 5.41) is 4.79. The smallest absolute Gasteiger partial charge is 0.337 e. The molecule has 0 spiro atoms. The van der Waals surface area contributed by atoms with Gasteiger partial charge in [0.05, 0.1) is 24.9 Å². The predicted octanol–water partition coefficient (Wildman–Crippen LogP) is 2.87. The molecule has 1 heterocycles. The molecule has 0 atom stereocenters. The van der Waals surface area contributed by atoms with Gasteiger partial charge in [0.2, 0.25) is 0 Å². The van der Waals surface area contributed by atoms with Crippen molar-refractivity contribution in [3.8, 4) is 0 Å². The zero-order chi connectivity index (χ0) is 13.8. The van der Waals surface area contributed by atoms with E-state index in [2.05, 4.69) is 10.1 Å². The van der Waals surface area contributed by atoms with E-state index < -0.39 is 11.8 Å². The van der Waals surface area contributed by atoms with Crippen molar-refractivity contribution in [1.29, 1.82) is 0 Å². The Balaban J connectivity index is 2.15. The van der Waals surface area contributed by atoms with Gasteiger partial charge in [0.25, 0.3) is 0 Å². The van der Waals surface area contributed by atoms with Crippen LogP contribution in [0.25, 0.3) is 0 Å². The molecule has 0 aliphatic rings. The first-order valence-electron chi connectivity index (χ1n) is 5.55. The van der Waals surface area contributed by atoms with Crippen LogP contribution in [0.2, 0.25) is 0 Å². The van der Waals surface area contributed by atoms with Gasteiger partial charge < -0.3 is 15.8 Å². The van der Waals surface area contributed by atoms with Crippen molar-refractivity contribution in [3.05, 3.63) is 45.9 Å². The van der Waals surface area contributed by atoms with E-state index in [1.807, 2.05) is 5.38 Å². The van der Waals surface area contributed by atoms with Crippen LogP contribution in [0, 0.1) is 5.82 Å². The summed E-state index contributed by atoms with van der Waals surface area (Å²) in [5.74, 6) is -0.929. The minimum atomic E-state index is -0.501. The van der Waals surface area contributed by atoms with Crippen LogP contribution >= 0.6 is 11.3 Å². The first kappa shape index (κ1) is 13.4. The van der Waals surface area contributed by atoms with Crippen LogP contribution in [-0.2, 0) is 11.3 Å². The van der Waals surface area contributed by atoms with Gasteiger partial charge in [-0.15, -0.1) is 11.3 Å². The van der Waals surface area contributed by atoms with Crippen molar-refractivity contribution >= 4 is 28.7 Å². The number of nitrogens with one attached hydrogen (secondary N) is 1. The zero-order valence-electron chi connectivity index (χ0n) is 10.3. The fourth-order valence-corrected chi connectivity index (χ4v) is 2.31. The molecule has 1 aromatic carbocycles. The van der Waals surface area contributed by atoms with Crippen molar-refractivity contribution < 1.29 is 13.9 Å². The number of benzene rings is 1. The molecule has 3 N–H and O–H groups in total. The fraction of sp³-hybridized carbons (Fsp3) is 0.154. The number of halogens is 1. The zero-order valence-corrected chi connectivity index (χ0v) is 11.1. The lowest BCUT2D eigenvalue weighted by molar-refractivity contribution is 0.0600. The molecule has 4 nitrogen and oxygen atoms in total. The summed E-state index contributed by atoms with van der Waals surface area (Å²) in [6, 6.07) is 5.83. The molecule has 100 valence electrons. The SMILES string of the molecule is COC(=O)c1ccc(F)c(NCc2sccc2N)c1. The maximum absolute atomic E-state index is 13.6. The summed E-state index contributed by atoms with van der Waals surface area (Å²) >= 11 is 1.49. The van der Waals surface area contributed by atoms with E-state index in [9.17, 15) is 9.18 Å². The minimum Gasteiger partial charge on any atom is -0.465 e. The summed E-state index contributed by atoms with van der Waals surface area (Å²) in [6.07, 6.45) is 0. The van der Waals surface area contributed by atoms with E-state index in [1.165, 1.54) is 36.6 Å². The Morgan fingerprint density at radius 1 is 1.47 bits per heavy atom. The van der Waals surface area contributed by atoms with E-state index in [0.29, 0.717) is 17.8 Å². The molecule has 0 fully saturated rings. The Labute approximate surface area is 114 Å². The lowest BCUT2D eigenvalue weighted by Crippen LogP contribution is -2.06. The molecule has 0 unspecified atom stereocenters. The van der Waals surface area contributed by atoms with Crippen LogP contribution in [0.3, 0.4) is 0 Å². The van der Waals surface area contributed by atoms with E-state index in [0.717, 1.165) is 4.88 Å². The molecule has 0 amide bonds. The van der Waals surface area contributed by atoms with Gasteiger partial charge in [0, 0.05) is 10.6 Å². The van der Waals surface area contributed by atoms with Gasteiger partial charge >= 0.3 is 5.97 Å². The van der Waals surface area contributed by atoms with Crippen LogP contribution in [0.1, 0.15) is 15.2 Å². The molecular weight excluding hydrogens is 267 g/mol. The van der Waals surface area contributed by atoms with Crippen molar-refractivity contribution in [2.45, 2.75) is 6.54 Å². The highest BCUT2D eigenvalue weighted by atomic mass is 32.1. The third-order valence-electron chi connectivity index (χ3n) is 2.61. The van der Waals surface area contributed by atoms with Crippen LogP contribution < -0.4 is 11.1 Å². The second kappa shape index (κ2) is 5.71. The van der Waals surface area contributed by atoms with Gasteiger partial charge in [-0.3, -0.25) is 0 Å². The number of thiophene rings is 1. The van der Waals surface area contributed by atoms with Crippen LogP contribution in [-0.4, -0.2) is 13.1 Å². The quantitative estimate of drug-likeness (QED) is 0.845. The molecule has 0 saturated carbocycles. The second-order valence-corrected chi connectivity index (χ2v) is 4.84. The van der Waals surface area contributed by atoms with E-state index in [-0.39, 0.29) is 5.69 Å². The molecule has 0 bridgehead atoms. The van der Waals surface area contributed by atoms with E-state index >= 15 is 0 Å². The van der Waals surface area contributed by atoms with Gasteiger partial charge in [-0.05, 0) is 29.6 Å². The maximum Gasteiger partial charge on any atom is 0.337 e. The van der Waals surface area contributed by atoms with Crippen molar-refractivity contribution in [3.63, 3.8) is 0 Å². The average molecular weight is 280 g/mol. The molecule has 2 aromatic rings. The molecule has 0 aliphatic carbocycles. The average Bonchev–Trinajstić information content (AvgIpc) is 2.82. The number of nitrogen functional groups attached to an aromatic ring is 1. The Hall–Kier alpha value is -2.08. The van der Waals surface area contributed by atoms with Crippen molar-refractivity contribution in [2.24, 2.45) is 0 Å². The summed E-state index contributed by atoms with van der Waals surface area (Å²) in [6.45, 7) is 0.408. The number of rotatable bonds is 4. The maximum atomic E-state index is 13.6. The molecule has 0 saturated heterocycles. The van der Waals surface area contributed by atoms with Crippen LogP contribution in [0.15, 0.2) is 29.6 Å².